The first-order valence-corrected chi connectivity index (χ1v) is 9.71. The van der Waals surface area contributed by atoms with Gasteiger partial charge in [-0.05, 0) is 17.7 Å². The van der Waals surface area contributed by atoms with E-state index in [1.807, 2.05) is 30.3 Å². The highest BCUT2D eigenvalue weighted by atomic mass is 79.9. The summed E-state index contributed by atoms with van der Waals surface area (Å²) in [6, 6.07) is 17.8. The summed E-state index contributed by atoms with van der Waals surface area (Å²) in [5, 5.41) is 21.2. The number of alkyl halides is 1. The van der Waals surface area contributed by atoms with Crippen LogP contribution in [0.25, 0.3) is 0 Å². The smallest absolute Gasteiger partial charge is 0.338 e. The van der Waals surface area contributed by atoms with Crippen molar-refractivity contribution in [2.45, 2.75) is 37.3 Å². The van der Waals surface area contributed by atoms with Gasteiger partial charge in [0.2, 0.25) is 0 Å². The van der Waals surface area contributed by atoms with Gasteiger partial charge in [0.15, 0.2) is 12.4 Å². The second-order valence-corrected chi connectivity index (χ2v) is 6.85. The molecule has 144 valence electrons. The largest absolute Gasteiger partial charge is 0.453 e. The van der Waals surface area contributed by atoms with E-state index in [2.05, 4.69) is 15.9 Å². The van der Waals surface area contributed by atoms with Crippen LogP contribution in [0.5, 0.6) is 0 Å². The molecule has 1 fully saturated rings. The SMILES string of the molecule is O=C(O[C@H]1[C@H](O)[C@@H](CBr)O[C@H](O)[C@@H]1OCc1ccccc1)c1ccccc1. The Kier molecular flexibility index (Phi) is 6.98. The monoisotopic (exact) mass is 436 g/mol. The lowest BCUT2D eigenvalue weighted by Crippen LogP contribution is -2.60. The molecule has 0 unspecified atom stereocenters. The lowest BCUT2D eigenvalue weighted by atomic mass is 9.99. The number of benzene rings is 2. The molecule has 3 rings (SSSR count). The molecule has 2 N–H and O–H groups in total. The molecule has 0 amide bonds. The van der Waals surface area contributed by atoms with Crippen LogP contribution in [0.3, 0.4) is 0 Å². The minimum absolute atomic E-state index is 0.178. The standard InChI is InChI=1S/C20H21BrO6/c21-11-15-16(22)17(27-19(23)14-9-5-2-6-10-14)18(20(24)26-15)25-12-13-7-3-1-4-8-13/h1-10,15-18,20,22,24H,11-12H2/t15-,16-,17+,18-,20+/m1/s1. The lowest BCUT2D eigenvalue weighted by Gasteiger charge is -2.41. The molecular formula is C20H21BrO6. The van der Waals surface area contributed by atoms with Crippen LogP contribution >= 0.6 is 15.9 Å². The molecule has 1 aliphatic heterocycles. The van der Waals surface area contributed by atoms with Crippen LogP contribution in [0.1, 0.15) is 15.9 Å². The Morgan fingerprint density at radius 2 is 1.63 bits per heavy atom. The molecule has 0 spiro atoms. The lowest BCUT2D eigenvalue weighted by molar-refractivity contribution is -0.288. The van der Waals surface area contributed by atoms with E-state index in [0.717, 1.165) is 5.56 Å². The van der Waals surface area contributed by atoms with Gasteiger partial charge in [-0.1, -0.05) is 64.5 Å². The average molecular weight is 437 g/mol. The fraction of sp³-hybridized carbons (Fsp3) is 0.350. The Morgan fingerprint density at radius 3 is 2.26 bits per heavy atom. The van der Waals surface area contributed by atoms with Crippen molar-refractivity contribution in [2.24, 2.45) is 0 Å². The molecule has 27 heavy (non-hydrogen) atoms. The van der Waals surface area contributed by atoms with Crippen LogP contribution in [-0.4, -0.2) is 52.2 Å². The second-order valence-electron chi connectivity index (χ2n) is 6.21. The molecular weight excluding hydrogens is 416 g/mol. The van der Waals surface area contributed by atoms with E-state index in [1.54, 1.807) is 30.3 Å². The van der Waals surface area contributed by atoms with Gasteiger partial charge in [-0.2, -0.15) is 0 Å². The molecule has 0 radical (unpaired) electrons. The van der Waals surface area contributed by atoms with Gasteiger partial charge in [0.25, 0.3) is 0 Å². The fourth-order valence-corrected chi connectivity index (χ4v) is 3.41. The number of carbonyl (C=O) groups excluding carboxylic acids is 1. The number of aliphatic hydroxyl groups excluding tert-OH is 2. The van der Waals surface area contributed by atoms with Crippen molar-refractivity contribution in [1.29, 1.82) is 0 Å². The van der Waals surface area contributed by atoms with E-state index >= 15 is 0 Å². The molecule has 2 aromatic carbocycles. The van der Waals surface area contributed by atoms with Crippen LogP contribution in [-0.2, 0) is 20.8 Å². The first-order chi connectivity index (χ1) is 13.1. The minimum Gasteiger partial charge on any atom is -0.453 e. The fourth-order valence-electron chi connectivity index (χ4n) is 2.88. The molecule has 5 atom stereocenters. The van der Waals surface area contributed by atoms with Crippen LogP contribution in [0.2, 0.25) is 0 Å². The number of hydrogen-bond acceptors (Lipinski definition) is 6. The summed E-state index contributed by atoms with van der Waals surface area (Å²) >= 11 is 3.24. The normalized spacial score (nSPS) is 27.9. The number of hydrogen-bond donors (Lipinski definition) is 2. The summed E-state index contributed by atoms with van der Waals surface area (Å²) in [5.74, 6) is -0.601. The van der Waals surface area contributed by atoms with E-state index in [9.17, 15) is 15.0 Å². The molecule has 1 saturated heterocycles. The maximum atomic E-state index is 12.5. The van der Waals surface area contributed by atoms with Crippen LogP contribution < -0.4 is 0 Å². The topological polar surface area (TPSA) is 85.2 Å². The minimum atomic E-state index is -1.34. The third-order valence-corrected chi connectivity index (χ3v) is 4.96. The Bertz CT molecular complexity index is 726. The summed E-state index contributed by atoms with van der Waals surface area (Å²) in [4.78, 5) is 12.5. The Labute approximate surface area is 165 Å². The number of carbonyl (C=O) groups is 1. The number of aliphatic hydroxyl groups is 2. The maximum Gasteiger partial charge on any atom is 0.338 e. The highest BCUT2D eigenvalue weighted by Crippen LogP contribution is 2.27. The highest BCUT2D eigenvalue weighted by Gasteiger charge is 2.47. The molecule has 0 saturated carbocycles. The van der Waals surface area contributed by atoms with Gasteiger partial charge < -0.3 is 24.4 Å². The van der Waals surface area contributed by atoms with Gasteiger partial charge in [-0.25, -0.2) is 4.79 Å². The molecule has 0 bridgehead atoms. The summed E-state index contributed by atoms with van der Waals surface area (Å²) < 4.78 is 16.7. The van der Waals surface area contributed by atoms with E-state index < -0.39 is 36.7 Å². The second kappa shape index (κ2) is 9.43. The van der Waals surface area contributed by atoms with Crippen molar-refractivity contribution in [3.05, 3.63) is 71.8 Å². The number of rotatable bonds is 6. The predicted molar refractivity (Wildman–Crippen MR) is 101 cm³/mol. The van der Waals surface area contributed by atoms with E-state index in [-0.39, 0.29) is 11.9 Å². The average Bonchev–Trinajstić information content (AvgIpc) is 2.71. The van der Waals surface area contributed by atoms with Crippen molar-refractivity contribution in [2.75, 3.05) is 5.33 Å². The summed E-state index contributed by atoms with van der Waals surface area (Å²) in [5.41, 5.74) is 1.23. The number of ether oxygens (including phenoxy) is 3. The molecule has 0 aromatic heterocycles. The molecule has 1 heterocycles. The van der Waals surface area contributed by atoms with Crippen LogP contribution in [0, 0.1) is 0 Å². The Morgan fingerprint density at radius 1 is 1.00 bits per heavy atom. The first-order valence-electron chi connectivity index (χ1n) is 8.59. The maximum absolute atomic E-state index is 12.5. The van der Waals surface area contributed by atoms with Crippen LogP contribution in [0.15, 0.2) is 60.7 Å². The zero-order valence-corrected chi connectivity index (χ0v) is 16.1. The quantitative estimate of drug-likeness (QED) is 0.533. The van der Waals surface area contributed by atoms with Crippen LogP contribution in [0.4, 0.5) is 0 Å². The Balaban J connectivity index is 1.76. The summed E-state index contributed by atoms with van der Waals surface area (Å²) in [7, 11) is 0. The van der Waals surface area contributed by atoms with Crippen molar-refractivity contribution in [3.8, 4) is 0 Å². The summed E-state index contributed by atoms with van der Waals surface area (Å²) in [6.45, 7) is 0.178. The molecule has 0 aliphatic carbocycles. The molecule has 6 nitrogen and oxygen atoms in total. The van der Waals surface area contributed by atoms with Gasteiger partial charge in [0.1, 0.15) is 18.3 Å². The highest BCUT2D eigenvalue weighted by molar-refractivity contribution is 9.09. The zero-order chi connectivity index (χ0) is 19.2. The number of halogens is 1. The van der Waals surface area contributed by atoms with Crippen molar-refractivity contribution in [3.63, 3.8) is 0 Å². The first kappa shape index (κ1) is 20.0. The third-order valence-electron chi connectivity index (χ3n) is 4.33. The molecule has 2 aromatic rings. The Hall–Kier alpha value is -1.77. The van der Waals surface area contributed by atoms with E-state index in [4.69, 9.17) is 14.2 Å². The van der Waals surface area contributed by atoms with Gasteiger partial charge in [0, 0.05) is 5.33 Å². The van der Waals surface area contributed by atoms with Gasteiger partial charge in [-0.3, -0.25) is 0 Å². The van der Waals surface area contributed by atoms with E-state index in [0.29, 0.717) is 5.56 Å². The zero-order valence-electron chi connectivity index (χ0n) is 14.5. The van der Waals surface area contributed by atoms with Gasteiger partial charge in [0.05, 0.1) is 12.2 Å². The van der Waals surface area contributed by atoms with Gasteiger partial charge >= 0.3 is 5.97 Å². The number of esters is 1. The summed E-state index contributed by atoms with van der Waals surface area (Å²) in [6.07, 6.45) is -5.32. The van der Waals surface area contributed by atoms with Gasteiger partial charge in [-0.15, -0.1) is 0 Å². The third kappa shape index (κ3) is 4.94. The molecule has 7 heteroatoms. The predicted octanol–water partition coefficient (Wildman–Crippen LogP) is 2.27. The van der Waals surface area contributed by atoms with Crippen molar-refractivity contribution in [1.82, 2.24) is 0 Å². The molecule has 1 aliphatic rings. The van der Waals surface area contributed by atoms with Crippen molar-refractivity contribution < 1.29 is 29.2 Å². The van der Waals surface area contributed by atoms with Crippen molar-refractivity contribution >= 4 is 21.9 Å². The van der Waals surface area contributed by atoms with E-state index in [1.165, 1.54) is 0 Å².